The normalized spacial score (nSPS) is 21.9. The molecule has 226 valence electrons. The lowest BCUT2D eigenvalue weighted by Gasteiger charge is -2.45. The SMILES string of the molecule is COc1ccc(CO[C@@H]2[C@H](OCc3ccccc3)[C@@H](OC)O[C@H](COCc3ccccc3)[C@H]2OCc2ccccc2)cc1. The van der Waals surface area contributed by atoms with Crippen molar-refractivity contribution in [2.24, 2.45) is 0 Å². The van der Waals surface area contributed by atoms with E-state index < -0.39 is 30.7 Å². The summed E-state index contributed by atoms with van der Waals surface area (Å²) in [6, 6.07) is 38.0. The van der Waals surface area contributed by atoms with Crippen molar-refractivity contribution in [2.75, 3.05) is 20.8 Å². The minimum atomic E-state index is -0.688. The van der Waals surface area contributed by atoms with Crippen LogP contribution in [0.1, 0.15) is 22.3 Å². The van der Waals surface area contributed by atoms with Crippen LogP contribution in [0.2, 0.25) is 0 Å². The van der Waals surface area contributed by atoms with Crippen LogP contribution in [-0.2, 0) is 54.8 Å². The number of methoxy groups -OCH3 is 2. The Hall–Kier alpha value is -3.56. The average molecular weight is 585 g/mol. The van der Waals surface area contributed by atoms with E-state index in [-0.39, 0.29) is 0 Å². The molecule has 0 unspecified atom stereocenters. The smallest absolute Gasteiger partial charge is 0.186 e. The summed E-state index contributed by atoms with van der Waals surface area (Å²) >= 11 is 0. The van der Waals surface area contributed by atoms with Crippen LogP contribution in [0.3, 0.4) is 0 Å². The first-order valence-corrected chi connectivity index (χ1v) is 14.6. The molecular weight excluding hydrogens is 544 g/mol. The molecule has 0 aliphatic carbocycles. The summed E-state index contributed by atoms with van der Waals surface area (Å²) in [4.78, 5) is 0. The van der Waals surface area contributed by atoms with E-state index in [1.54, 1.807) is 14.2 Å². The van der Waals surface area contributed by atoms with Crippen LogP contribution >= 0.6 is 0 Å². The Morgan fingerprint density at radius 2 is 0.977 bits per heavy atom. The van der Waals surface area contributed by atoms with Gasteiger partial charge in [0.1, 0.15) is 30.2 Å². The first-order valence-electron chi connectivity index (χ1n) is 14.6. The van der Waals surface area contributed by atoms with Crippen molar-refractivity contribution in [1.29, 1.82) is 0 Å². The highest BCUT2D eigenvalue weighted by Crippen LogP contribution is 2.31. The Labute approximate surface area is 254 Å². The lowest BCUT2D eigenvalue weighted by atomic mass is 9.97. The zero-order valence-corrected chi connectivity index (χ0v) is 24.7. The van der Waals surface area contributed by atoms with Gasteiger partial charge in [0.25, 0.3) is 0 Å². The van der Waals surface area contributed by atoms with Crippen LogP contribution in [-0.4, -0.2) is 51.5 Å². The largest absolute Gasteiger partial charge is 0.497 e. The number of rotatable bonds is 15. The number of hydrogen-bond acceptors (Lipinski definition) is 7. The third kappa shape index (κ3) is 8.97. The number of benzene rings is 4. The minimum absolute atomic E-state index is 0.294. The van der Waals surface area contributed by atoms with E-state index in [4.69, 9.17) is 33.2 Å². The minimum Gasteiger partial charge on any atom is -0.497 e. The van der Waals surface area contributed by atoms with Crippen molar-refractivity contribution in [3.05, 3.63) is 138 Å². The van der Waals surface area contributed by atoms with E-state index in [2.05, 4.69) is 0 Å². The van der Waals surface area contributed by atoms with Crippen LogP contribution in [0.15, 0.2) is 115 Å². The quantitative estimate of drug-likeness (QED) is 0.162. The Kier molecular flexibility index (Phi) is 11.7. The monoisotopic (exact) mass is 584 g/mol. The molecule has 1 heterocycles. The van der Waals surface area contributed by atoms with Gasteiger partial charge in [-0.25, -0.2) is 0 Å². The Morgan fingerprint density at radius 1 is 0.512 bits per heavy atom. The molecule has 5 rings (SSSR count). The highest BCUT2D eigenvalue weighted by atomic mass is 16.7. The van der Waals surface area contributed by atoms with Crippen LogP contribution < -0.4 is 4.74 Å². The predicted molar refractivity (Wildman–Crippen MR) is 163 cm³/mol. The third-order valence-corrected chi connectivity index (χ3v) is 7.39. The molecule has 1 saturated heterocycles. The Balaban J connectivity index is 1.39. The van der Waals surface area contributed by atoms with E-state index in [1.807, 2.05) is 115 Å². The van der Waals surface area contributed by atoms with E-state index in [9.17, 15) is 0 Å². The summed E-state index contributed by atoms with van der Waals surface area (Å²) in [5, 5.41) is 0. The van der Waals surface area contributed by atoms with Crippen molar-refractivity contribution in [3.63, 3.8) is 0 Å². The zero-order valence-electron chi connectivity index (χ0n) is 24.7. The molecule has 1 fully saturated rings. The number of ether oxygens (including phenoxy) is 7. The Morgan fingerprint density at radius 3 is 1.49 bits per heavy atom. The van der Waals surface area contributed by atoms with Crippen molar-refractivity contribution < 1.29 is 33.2 Å². The molecule has 0 bridgehead atoms. The fourth-order valence-electron chi connectivity index (χ4n) is 5.08. The summed E-state index contributed by atoms with van der Waals surface area (Å²) < 4.78 is 43.6. The lowest BCUT2D eigenvalue weighted by molar-refractivity contribution is -0.323. The van der Waals surface area contributed by atoms with Gasteiger partial charge < -0.3 is 33.2 Å². The molecule has 1 aliphatic rings. The summed E-state index contributed by atoms with van der Waals surface area (Å²) in [6.45, 7) is 1.85. The van der Waals surface area contributed by atoms with Gasteiger partial charge in [0.2, 0.25) is 0 Å². The summed E-state index contributed by atoms with van der Waals surface area (Å²) in [5.41, 5.74) is 4.18. The molecule has 0 saturated carbocycles. The van der Waals surface area contributed by atoms with E-state index in [0.717, 1.165) is 28.0 Å². The van der Waals surface area contributed by atoms with Crippen LogP contribution in [0.25, 0.3) is 0 Å². The molecule has 1 aliphatic heterocycles. The second-order valence-corrected chi connectivity index (χ2v) is 10.4. The average Bonchev–Trinajstić information content (AvgIpc) is 3.07. The molecule has 0 amide bonds. The van der Waals surface area contributed by atoms with Gasteiger partial charge in [-0.3, -0.25) is 0 Å². The van der Waals surface area contributed by atoms with E-state index >= 15 is 0 Å². The lowest BCUT2D eigenvalue weighted by Crippen LogP contribution is -2.61. The summed E-state index contributed by atoms with van der Waals surface area (Å²) in [6.07, 6.45) is -2.73. The number of hydrogen-bond donors (Lipinski definition) is 0. The molecule has 0 spiro atoms. The molecular formula is C36H40O7. The molecule has 0 N–H and O–H groups in total. The van der Waals surface area contributed by atoms with Gasteiger partial charge in [0, 0.05) is 7.11 Å². The first kappa shape index (κ1) is 30.9. The van der Waals surface area contributed by atoms with Crippen molar-refractivity contribution >= 4 is 0 Å². The summed E-state index contributed by atoms with van der Waals surface area (Å²) in [5.74, 6) is 0.790. The van der Waals surface area contributed by atoms with Gasteiger partial charge in [0.05, 0.1) is 40.1 Å². The highest BCUT2D eigenvalue weighted by molar-refractivity contribution is 5.26. The van der Waals surface area contributed by atoms with Gasteiger partial charge in [-0.15, -0.1) is 0 Å². The van der Waals surface area contributed by atoms with Gasteiger partial charge in [0.15, 0.2) is 6.29 Å². The van der Waals surface area contributed by atoms with Crippen molar-refractivity contribution in [1.82, 2.24) is 0 Å². The van der Waals surface area contributed by atoms with Crippen molar-refractivity contribution in [3.8, 4) is 5.75 Å². The second kappa shape index (κ2) is 16.3. The third-order valence-electron chi connectivity index (χ3n) is 7.39. The molecule has 0 radical (unpaired) electrons. The van der Waals surface area contributed by atoms with Crippen LogP contribution in [0.4, 0.5) is 0 Å². The molecule has 43 heavy (non-hydrogen) atoms. The maximum Gasteiger partial charge on any atom is 0.186 e. The first-order chi connectivity index (χ1) is 21.2. The van der Waals surface area contributed by atoms with Gasteiger partial charge in [-0.05, 0) is 34.4 Å². The molecule has 5 atom stereocenters. The maximum absolute atomic E-state index is 6.67. The standard InChI is InChI=1S/C36H40O7/c1-37-31-20-18-30(19-21-31)25-41-34-33(40-23-28-14-8-4-9-15-28)32(26-39-22-27-12-6-3-7-13-27)43-36(38-2)35(34)42-24-29-16-10-5-11-17-29/h3-21,32-36H,22-26H2,1-2H3/t32-,33-,34+,35+,36+/m1/s1. The van der Waals surface area contributed by atoms with E-state index in [1.165, 1.54) is 0 Å². The fourth-order valence-corrected chi connectivity index (χ4v) is 5.08. The van der Waals surface area contributed by atoms with Crippen molar-refractivity contribution in [2.45, 2.75) is 57.1 Å². The highest BCUT2D eigenvalue weighted by Gasteiger charge is 2.48. The van der Waals surface area contributed by atoms with Gasteiger partial charge in [-0.2, -0.15) is 0 Å². The Bertz CT molecular complexity index is 1320. The van der Waals surface area contributed by atoms with Gasteiger partial charge in [-0.1, -0.05) is 103 Å². The fraction of sp³-hybridized carbons (Fsp3) is 0.333. The predicted octanol–water partition coefficient (Wildman–Crippen LogP) is 6.34. The molecule has 7 heteroatoms. The molecule has 0 aromatic heterocycles. The molecule has 4 aromatic rings. The van der Waals surface area contributed by atoms with E-state index in [0.29, 0.717) is 33.0 Å². The maximum atomic E-state index is 6.67. The summed E-state index contributed by atoms with van der Waals surface area (Å²) in [7, 11) is 3.28. The van der Waals surface area contributed by atoms with Gasteiger partial charge >= 0.3 is 0 Å². The topological polar surface area (TPSA) is 64.6 Å². The molecule has 4 aromatic carbocycles. The second-order valence-electron chi connectivity index (χ2n) is 10.4. The van der Waals surface area contributed by atoms with Crippen LogP contribution in [0.5, 0.6) is 5.75 Å². The van der Waals surface area contributed by atoms with Crippen LogP contribution in [0, 0.1) is 0 Å². The zero-order chi connectivity index (χ0) is 29.7. The molecule has 7 nitrogen and oxygen atoms in total.